The predicted octanol–water partition coefficient (Wildman–Crippen LogP) is 3.25. The molecular weight excluding hydrogens is 352 g/mol. The van der Waals surface area contributed by atoms with Crippen LogP contribution < -0.4 is 14.4 Å². The molecule has 0 saturated carbocycles. The number of methoxy groups -OCH3 is 2. The van der Waals surface area contributed by atoms with Crippen molar-refractivity contribution in [3.05, 3.63) is 53.1 Å². The molecule has 0 aromatic heterocycles. The number of hydrogen-bond acceptors (Lipinski definition) is 4. The van der Waals surface area contributed by atoms with E-state index in [0.29, 0.717) is 30.3 Å². The summed E-state index contributed by atoms with van der Waals surface area (Å²) in [7, 11) is 3.24. The Morgan fingerprint density at radius 3 is 2.27 bits per heavy atom. The molecule has 0 spiro atoms. The summed E-state index contributed by atoms with van der Waals surface area (Å²) in [5.74, 6) is 1.62. The molecule has 1 saturated heterocycles. The van der Waals surface area contributed by atoms with Crippen LogP contribution in [-0.2, 0) is 11.2 Å². The molecule has 138 valence electrons. The quantitative estimate of drug-likeness (QED) is 0.805. The van der Waals surface area contributed by atoms with Crippen molar-refractivity contribution in [2.24, 2.45) is 0 Å². The van der Waals surface area contributed by atoms with E-state index >= 15 is 0 Å². The zero-order chi connectivity index (χ0) is 18.5. The van der Waals surface area contributed by atoms with Gasteiger partial charge in [0, 0.05) is 31.9 Å². The summed E-state index contributed by atoms with van der Waals surface area (Å²) >= 11 is 6.21. The van der Waals surface area contributed by atoms with Crippen molar-refractivity contribution in [2.75, 3.05) is 45.3 Å². The van der Waals surface area contributed by atoms with Gasteiger partial charge in [0.2, 0.25) is 5.91 Å². The molecule has 5 nitrogen and oxygen atoms in total. The first-order valence-electron chi connectivity index (χ1n) is 8.60. The molecule has 0 aliphatic carbocycles. The highest BCUT2D eigenvalue weighted by molar-refractivity contribution is 6.32. The molecule has 0 N–H and O–H groups in total. The van der Waals surface area contributed by atoms with Crippen molar-refractivity contribution in [3.63, 3.8) is 0 Å². The van der Waals surface area contributed by atoms with Crippen LogP contribution in [0.1, 0.15) is 5.56 Å². The maximum atomic E-state index is 12.5. The number of carbonyl (C=O) groups is 1. The van der Waals surface area contributed by atoms with E-state index in [2.05, 4.69) is 4.90 Å². The number of amides is 1. The average molecular weight is 375 g/mol. The summed E-state index contributed by atoms with van der Waals surface area (Å²) in [5, 5.41) is 0.600. The summed E-state index contributed by atoms with van der Waals surface area (Å²) in [6, 6.07) is 13.4. The van der Waals surface area contributed by atoms with Gasteiger partial charge in [-0.25, -0.2) is 0 Å². The lowest BCUT2D eigenvalue weighted by Crippen LogP contribution is -2.49. The van der Waals surface area contributed by atoms with E-state index in [9.17, 15) is 4.79 Å². The van der Waals surface area contributed by atoms with Crippen molar-refractivity contribution in [1.29, 1.82) is 0 Å². The van der Waals surface area contributed by atoms with Gasteiger partial charge in [0.25, 0.3) is 0 Å². The van der Waals surface area contributed by atoms with Crippen molar-refractivity contribution >= 4 is 23.2 Å². The largest absolute Gasteiger partial charge is 0.497 e. The van der Waals surface area contributed by atoms with E-state index in [0.717, 1.165) is 30.1 Å². The summed E-state index contributed by atoms with van der Waals surface area (Å²) in [6.07, 6.45) is 0.415. The molecule has 2 aromatic carbocycles. The van der Waals surface area contributed by atoms with Crippen LogP contribution in [0.2, 0.25) is 5.02 Å². The topological polar surface area (TPSA) is 42.0 Å². The SMILES string of the molecule is COc1ccc(CC(=O)N2CCN(c3ccc(OC)c(Cl)c3)CC2)cc1. The van der Waals surface area contributed by atoms with Gasteiger partial charge in [0.05, 0.1) is 25.7 Å². The molecule has 1 fully saturated rings. The van der Waals surface area contributed by atoms with E-state index in [1.807, 2.05) is 47.4 Å². The summed E-state index contributed by atoms with van der Waals surface area (Å²) in [6.45, 7) is 2.99. The second-order valence-corrected chi connectivity index (χ2v) is 6.62. The van der Waals surface area contributed by atoms with Crippen LogP contribution in [0.25, 0.3) is 0 Å². The maximum Gasteiger partial charge on any atom is 0.227 e. The maximum absolute atomic E-state index is 12.5. The molecule has 0 bridgehead atoms. The highest BCUT2D eigenvalue weighted by Gasteiger charge is 2.21. The fourth-order valence-corrected chi connectivity index (χ4v) is 3.35. The highest BCUT2D eigenvalue weighted by atomic mass is 35.5. The summed E-state index contributed by atoms with van der Waals surface area (Å²) in [5.41, 5.74) is 2.05. The number of carbonyl (C=O) groups excluding carboxylic acids is 1. The van der Waals surface area contributed by atoms with E-state index < -0.39 is 0 Å². The third kappa shape index (κ3) is 4.22. The zero-order valence-corrected chi connectivity index (χ0v) is 15.8. The smallest absolute Gasteiger partial charge is 0.227 e. The van der Waals surface area contributed by atoms with E-state index in [-0.39, 0.29) is 5.91 Å². The average Bonchev–Trinajstić information content (AvgIpc) is 2.68. The molecule has 1 amide bonds. The Morgan fingerprint density at radius 1 is 1.00 bits per heavy atom. The number of anilines is 1. The van der Waals surface area contributed by atoms with Crippen molar-refractivity contribution in [3.8, 4) is 11.5 Å². The molecule has 0 radical (unpaired) electrons. The molecular formula is C20H23ClN2O3. The summed E-state index contributed by atoms with van der Waals surface area (Å²) < 4.78 is 10.3. The number of halogens is 1. The standard InChI is InChI=1S/C20H23ClN2O3/c1-25-17-6-3-15(4-7-17)13-20(24)23-11-9-22(10-12-23)16-5-8-19(26-2)18(21)14-16/h3-8,14H,9-13H2,1-2H3. The number of benzene rings is 2. The van der Waals surface area contributed by atoms with E-state index in [4.69, 9.17) is 21.1 Å². The first-order chi connectivity index (χ1) is 12.6. The number of nitrogens with zero attached hydrogens (tertiary/aromatic N) is 2. The normalized spacial score (nSPS) is 14.3. The molecule has 6 heteroatoms. The molecule has 3 rings (SSSR count). The number of piperazine rings is 1. The first kappa shape index (κ1) is 18.4. The van der Waals surface area contributed by atoms with Gasteiger partial charge >= 0.3 is 0 Å². The van der Waals surface area contributed by atoms with Gasteiger partial charge < -0.3 is 19.3 Å². The Kier molecular flexibility index (Phi) is 5.89. The van der Waals surface area contributed by atoms with Crippen LogP contribution in [0.3, 0.4) is 0 Å². The van der Waals surface area contributed by atoms with Crippen LogP contribution in [0.5, 0.6) is 11.5 Å². The lowest BCUT2D eigenvalue weighted by molar-refractivity contribution is -0.130. The third-order valence-corrected chi connectivity index (χ3v) is 4.94. The predicted molar refractivity (Wildman–Crippen MR) is 103 cm³/mol. The van der Waals surface area contributed by atoms with Crippen molar-refractivity contribution in [1.82, 2.24) is 4.90 Å². The molecule has 1 aliphatic heterocycles. The lowest BCUT2D eigenvalue weighted by Gasteiger charge is -2.36. The molecule has 0 unspecified atom stereocenters. The second kappa shape index (κ2) is 8.32. The number of ether oxygens (including phenoxy) is 2. The second-order valence-electron chi connectivity index (χ2n) is 6.21. The van der Waals surface area contributed by atoms with Crippen LogP contribution in [-0.4, -0.2) is 51.2 Å². The van der Waals surface area contributed by atoms with Gasteiger partial charge in [0.1, 0.15) is 11.5 Å². The number of hydrogen-bond donors (Lipinski definition) is 0. The Balaban J connectivity index is 1.55. The van der Waals surface area contributed by atoms with Gasteiger partial charge in [-0.05, 0) is 35.9 Å². The van der Waals surface area contributed by atoms with Gasteiger partial charge in [-0.2, -0.15) is 0 Å². The minimum absolute atomic E-state index is 0.155. The lowest BCUT2D eigenvalue weighted by atomic mass is 10.1. The fourth-order valence-electron chi connectivity index (χ4n) is 3.10. The molecule has 0 atom stereocenters. The molecule has 1 aliphatic rings. The molecule has 1 heterocycles. The van der Waals surface area contributed by atoms with E-state index in [1.165, 1.54) is 0 Å². The Bertz CT molecular complexity index is 756. The van der Waals surface area contributed by atoms with Gasteiger partial charge in [-0.1, -0.05) is 23.7 Å². The van der Waals surface area contributed by atoms with E-state index in [1.54, 1.807) is 14.2 Å². The highest BCUT2D eigenvalue weighted by Crippen LogP contribution is 2.29. The first-order valence-corrected chi connectivity index (χ1v) is 8.97. The van der Waals surface area contributed by atoms with Crippen LogP contribution in [0.4, 0.5) is 5.69 Å². The van der Waals surface area contributed by atoms with Gasteiger partial charge in [-0.3, -0.25) is 4.79 Å². The van der Waals surface area contributed by atoms with Gasteiger partial charge in [0.15, 0.2) is 0 Å². The minimum Gasteiger partial charge on any atom is -0.497 e. The van der Waals surface area contributed by atoms with Crippen molar-refractivity contribution in [2.45, 2.75) is 6.42 Å². The molecule has 26 heavy (non-hydrogen) atoms. The Hall–Kier alpha value is -2.40. The van der Waals surface area contributed by atoms with Crippen molar-refractivity contribution < 1.29 is 14.3 Å². The summed E-state index contributed by atoms with van der Waals surface area (Å²) in [4.78, 5) is 16.7. The number of rotatable bonds is 5. The van der Waals surface area contributed by atoms with Crippen LogP contribution in [0.15, 0.2) is 42.5 Å². The van der Waals surface area contributed by atoms with Crippen LogP contribution >= 0.6 is 11.6 Å². The minimum atomic E-state index is 0.155. The fraction of sp³-hybridized carbons (Fsp3) is 0.350. The van der Waals surface area contributed by atoms with Gasteiger partial charge in [-0.15, -0.1) is 0 Å². The monoisotopic (exact) mass is 374 g/mol. The Morgan fingerprint density at radius 2 is 1.69 bits per heavy atom. The zero-order valence-electron chi connectivity index (χ0n) is 15.1. The third-order valence-electron chi connectivity index (χ3n) is 4.65. The van der Waals surface area contributed by atoms with Crippen LogP contribution in [0, 0.1) is 0 Å². The molecule has 2 aromatic rings. The Labute approximate surface area is 159 Å².